The van der Waals surface area contributed by atoms with E-state index in [4.69, 9.17) is 23.2 Å². The molecule has 102 valence electrons. The van der Waals surface area contributed by atoms with Crippen LogP contribution in [0.15, 0.2) is 39.9 Å². The maximum atomic E-state index is 12.9. The molecule has 0 atom stereocenters. The molecule has 0 saturated heterocycles. The largest absolute Gasteiger partial charge is 0.508 e. The van der Waals surface area contributed by atoms with E-state index in [1.165, 1.54) is 12.1 Å². The number of ether oxygens (including phenoxy) is 1. The monoisotopic (exact) mass is 306 g/mol. The van der Waals surface area contributed by atoms with E-state index >= 15 is 0 Å². The fourth-order valence-electron chi connectivity index (χ4n) is 1.03. The fourth-order valence-corrected chi connectivity index (χ4v) is 1.33. The molecular formula is C11H9Cl2FN2O3. The standard InChI is InChI=1S/C11H9Cl2FN2O3/c1-19-11(18)10(9(17)5-12)16-15-6-2-3-8(14)7(13)4-6/h2-4,17H,5H2,1H3/b10-9+,16-15?. The summed E-state index contributed by atoms with van der Waals surface area (Å²) in [5.74, 6) is -2.30. The lowest BCUT2D eigenvalue weighted by molar-refractivity contribution is -0.136. The minimum atomic E-state index is -0.893. The van der Waals surface area contributed by atoms with Crippen molar-refractivity contribution in [3.63, 3.8) is 0 Å². The molecule has 1 aromatic rings. The quantitative estimate of drug-likeness (QED) is 0.303. The lowest BCUT2D eigenvalue weighted by Gasteiger charge is -2.01. The molecule has 0 aliphatic heterocycles. The summed E-state index contributed by atoms with van der Waals surface area (Å²) in [6.45, 7) is 0. The molecule has 0 amide bonds. The van der Waals surface area contributed by atoms with Gasteiger partial charge >= 0.3 is 5.97 Å². The van der Waals surface area contributed by atoms with Crippen molar-refractivity contribution in [2.24, 2.45) is 10.2 Å². The predicted molar refractivity (Wildman–Crippen MR) is 68.3 cm³/mol. The third kappa shape index (κ3) is 4.18. The second-order valence-electron chi connectivity index (χ2n) is 3.22. The molecule has 0 fully saturated rings. The minimum Gasteiger partial charge on any atom is -0.508 e. The van der Waals surface area contributed by atoms with Crippen LogP contribution in [0.25, 0.3) is 0 Å². The molecule has 0 bridgehead atoms. The Morgan fingerprint density at radius 2 is 2.21 bits per heavy atom. The smallest absolute Gasteiger partial charge is 0.362 e. The van der Waals surface area contributed by atoms with Crippen LogP contribution in [-0.2, 0) is 9.53 Å². The van der Waals surface area contributed by atoms with Gasteiger partial charge in [0.15, 0.2) is 0 Å². The lowest BCUT2D eigenvalue weighted by Crippen LogP contribution is -2.06. The molecule has 8 heteroatoms. The molecule has 0 aliphatic rings. The number of azo groups is 1. The second-order valence-corrected chi connectivity index (χ2v) is 3.89. The van der Waals surface area contributed by atoms with Gasteiger partial charge in [-0.1, -0.05) is 11.6 Å². The van der Waals surface area contributed by atoms with Gasteiger partial charge in [0.1, 0.15) is 11.6 Å². The first-order chi connectivity index (χ1) is 8.99. The van der Waals surface area contributed by atoms with E-state index in [2.05, 4.69) is 15.0 Å². The number of hydrogen-bond donors (Lipinski definition) is 1. The molecule has 1 rings (SSSR count). The van der Waals surface area contributed by atoms with E-state index in [0.29, 0.717) is 0 Å². The van der Waals surface area contributed by atoms with Crippen LogP contribution >= 0.6 is 23.2 Å². The Morgan fingerprint density at radius 1 is 1.53 bits per heavy atom. The highest BCUT2D eigenvalue weighted by Crippen LogP contribution is 2.22. The zero-order chi connectivity index (χ0) is 14.4. The molecule has 0 radical (unpaired) electrons. The summed E-state index contributed by atoms with van der Waals surface area (Å²) in [6, 6.07) is 3.62. The van der Waals surface area contributed by atoms with E-state index in [-0.39, 0.29) is 16.6 Å². The van der Waals surface area contributed by atoms with Gasteiger partial charge in [-0.15, -0.1) is 16.7 Å². The number of carbonyl (C=O) groups is 1. The number of alkyl halides is 1. The highest BCUT2D eigenvalue weighted by molar-refractivity contribution is 6.31. The van der Waals surface area contributed by atoms with Gasteiger partial charge in [-0.25, -0.2) is 9.18 Å². The van der Waals surface area contributed by atoms with Gasteiger partial charge < -0.3 is 9.84 Å². The van der Waals surface area contributed by atoms with E-state index in [1.807, 2.05) is 0 Å². The summed E-state index contributed by atoms with van der Waals surface area (Å²) in [5.41, 5.74) is -0.229. The Bertz CT molecular complexity index is 547. The van der Waals surface area contributed by atoms with Crippen LogP contribution in [0.1, 0.15) is 0 Å². The molecular weight excluding hydrogens is 298 g/mol. The van der Waals surface area contributed by atoms with Gasteiger partial charge in [0.25, 0.3) is 0 Å². The Labute approximate surface area is 118 Å². The number of carbonyl (C=O) groups excluding carboxylic acids is 1. The average molecular weight is 307 g/mol. The first-order valence-electron chi connectivity index (χ1n) is 4.92. The third-order valence-electron chi connectivity index (χ3n) is 1.95. The number of aliphatic hydroxyl groups excluding tert-OH is 1. The summed E-state index contributed by atoms with van der Waals surface area (Å²) >= 11 is 10.9. The Kier molecular flexibility index (Phi) is 5.72. The van der Waals surface area contributed by atoms with Crippen molar-refractivity contribution in [3.8, 4) is 0 Å². The van der Waals surface area contributed by atoms with E-state index < -0.39 is 23.2 Å². The molecule has 0 aliphatic carbocycles. The van der Waals surface area contributed by atoms with Crippen LogP contribution in [0.5, 0.6) is 0 Å². The topological polar surface area (TPSA) is 71.2 Å². The maximum Gasteiger partial charge on any atom is 0.362 e. The first kappa shape index (κ1) is 15.4. The molecule has 1 N–H and O–H groups in total. The predicted octanol–water partition coefficient (Wildman–Crippen LogP) is 3.74. The van der Waals surface area contributed by atoms with Crippen molar-refractivity contribution in [2.75, 3.05) is 13.0 Å². The molecule has 5 nitrogen and oxygen atoms in total. The SMILES string of the molecule is COC(=O)/C(N=Nc1ccc(F)c(Cl)c1)=C(\O)CCl. The molecule has 0 aromatic heterocycles. The summed E-state index contributed by atoms with van der Waals surface area (Å²) in [7, 11) is 1.12. The van der Waals surface area contributed by atoms with Crippen LogP contribution in [0.2, 0.25) is 5.02 Å². The number of hydrogen-bond acceptors (Lipinski definition) is 5. The van der Waals surface area contributed by atoms with Crippen molar-refractivity contribution in [3.05, 3.63) is 40.5 Å². The van der Waals surface area contributed by atoms with Crippen LogP contribution in [-0.4, -0.2) is 24.1 Å². The molecule has 0 unspecified atom stereocenters. The van der Waals surface area contributed by atoms with Crippen molar-refractivity contribution >= 4 is 34.9 Å². The average Bonchev–Trinajstić information content (AvgIpc) is 2.42. The highest BCUT2D eigenvalue weighted by atomic mass is 35.5. The van der Waals surface area contributed by atoms with E-state index in [9.17, 15) is 14.3 Å². The van der Waals surface area contributed by atoms with Crippen LogP contribution in [0, 0.1) is 5.82 Å². The minimum absolute atomic E-state index is 0.137. The molecule has 0 spiro atoms. The normalized spacial score (nSPS) is 12.4. The summed E-state index contributed by atoms with van der Waals surface area (Å²) in [4.78, 5) is 11.3. The fraction of sp³-hybridized carbons (Fsp3) is 0.182. The molecule has 0 heterocycles. The van der Waals surface area contributed by atoms with Gasteiger partial charge in [0.2, 0.25) is 5.70 Å². The van der Waals surface area contributed by atoms with E-state index in [1.54, 1.807) is 0 Å². The number of nitrogens with zero attached hydrogens (tertiary/aromatic N) is 2. The van der Waals surface area contributed by atoms with Gasteiger partial charge in [0.05, 0.1) is 23.7 Å². The maximum absolute atomic E-state index is 12.9. The lowest BCUT2D eigenvalue weighted by atomic mass is 10.3. The summed E-state index contributed by atoms with van der Waals surface area (Å²) in [5, 5.41) is 16.4. The zero-order valence-electron chi connectivity index (χ0n) is 9.73. The third-order valence-corrected chi connectivity index (χ3v) is 2.49. The number of esters is 1. The zero-order valence-corrected chi connectivity index (χ0v) is 11.2. The Morgan fingerprint density at radius 3 is 2.74 bits per heavy atom. The number of benzene rings is 1. The van der Waals surface area contributed by atoms with Crippen molar-refractivity contribution in [1.82, 2.24) is 0 Å². The van der Waals surface area contributed by atoms with E-state index in [0.717, 1.165) is 13.2 Å². The number of rotatable bonds is 4. The van der Waals surface area contributed by atoms with Crippen molar-refractivity contribution in [1.29, 1.82) is 0 Å². The van der Waals surface area contributed by atoms with Crippen molar-refractivity contribution < 1.29 is 19.0 Å². The van der Waals surface area contributed by atoms with Gasteiger partial charge in [-0.05, 0) is 18.2 Å². The highest BCUT2D eigenvalue weighted by Gasteiger charge is 2.15. The number of aliphatic hydroxyl groups is 1. The summed E-state index contributed by atoms with van der Waals surface area (Å²) in [6.07, 6.45) is 0. The van der Waals surface area contributed by atoms with Crippen molar-refractivity contribution in [2.45, 2.75) is 0 Å². The number of halogens is 3. The second kappa shape index (κ2) is 7.06. The van der Waals surface area contributed by atoms with Gasteiger partial charge in [0, 0.05) is 0 Å². The number of allylic oxidation sites excluding steroid dienone is 1. The molecule has 1 aromatic carbocycles. The first-order valence-corrected chi connectivity index (χ1v) is 5.84. The molecule has 0 saturated carbocycles. The molecule has 19 heavy (non-hydrogen) atoms. The number of methoxy groups -OCH3 is 1. The Balaban J connectivity index is 3.05. The van der Waals surface area contributed by atoms with Crippen LogP contribution in [0.4, 0.5) is 10.1 Å². The Hall–Kier alpha value is -1.66. The summed E-state index contributed by atoms with van der Waals surface area (Å²) < 4.78 is 17.3. The van der Waals surface area contributed by atoms with Crippen LogP contribution in [0.3, 0.4) is 0 Å². The van der Waals surface area contributed by atoms with Crippen LogP contribution < -0.4 is 0 Å². The van der Waals surface area contributed by atoms with Gasteiger partial charge in [-0.2, -0.15) is 5.11 Å². The van der Waals surface area contributed by atoms with Gasteiger partial charge in [-0.3, -0.25) is 0 Å².